The molecule has 35 heavy (non-hydrogen) atoms. The van der Waals surface area contributed by atoms with Crippen LogP contribution in [0.3, 0.4) is 0 Å². The third-order valence-corrected chi connectivity index (χ3v) is 6.94. The Bertz CT molecular complexity index is 1140. The number of carbonyl (C=O) groups is 2. The van der Waals surface area contributed by atoms with Crippen molar-refractivity contribution in [3.63, 3.8) is 0 Å². The molecule has 0 radical (unpaired) electrons. The Morgan fingerprint density at radius 2 is 1.83 bits per heavy atom. The van der Waals surface area contributed by atoms with Gasteiger partial charge in [0.25, 0.3) is 0 Å². The predicted molar refractivity (Wildman–Crippen MR) is 140 cm³/mol. The second-order valence-electron chi connectivity index (χ2n) is 7.95. The van der Waals surface area contributed by atoms with Crippen LogP contribution in [0.25, 0.3) is 0 Å². The van der Waals surface area contributed by atoms with Crippen molar-refractivity contribution in [3.05, 3.63) is 58.1 Å². The van der Waals surface area contributed by atoms with E-state index < -0.39 is 28.5 Å². The number of anilines is 1. The van der Waals surface area contributed by atoms with Gasteiger partial charge in [-0.3, -0.25) is 13.9 Å². The molecule has 0 saturated heterocycles. The second kappa shape index (κ2) is 13.0. The first kappa shape index (κ1) is 28.7. The number of methoxy groups -OCH3 is 1. The lowest BCUT2D eigenvalue weighted by Gasteiger charge is -2.33. The number of rotatable bonds is 12. The highest BCUT2D eigenvalue weighted by atomic mass is 35.5. The summed E-state index contributed by atoms with van der Waals surface area (Å²) in [5.41, 5.74) is 0.853. The zero-order valence-electron chi connectivity index (χ0n) is 20.3. The minimum atomic E-state index is -3.89. The van der Waals surface area contributed by atoms with Crippen LogP contribution in [0.1, 0.15) is 32.3 Å². The van der Waals surface area contributed by atoms with Crippen LogP contribution in [0.2, 0.25) is 10.0 Å². The SMILES string of the molecule is CCCNC(=O)C(CC)N(Cc1cccc(OC)c1)C(=O)CN(c1ccc(Cl)cc1Cl)S(C)(=O)=O. The first-order valence-electron chi connectivity index (χ1n) is 11.1. The molecule has 1 N–H and O–H groups in total. The monoisotopic (exact) mass is 543 g/mol. The summed E-state index contributed by atoms with van der Waals surface area (Å²) in [6.07, 6.45) is 2.07. The van der Waals surface area contributed by atoms with Gasteiger partial charge in [-0.05, 0) is 48.7 Å². The molecule has 0 aliphatic rings. The molecule has 8 nitrogen and oxygen atoms in total. The summed E-state index contributed by atoms with van der Waals surface area (Å²) in [6.45, 7) is 3.74. The van der Waals surface area contributed by atoms with Gasteiger partial charge in [-0.1, -0.05) is 49.2 Å². The molecule has 0 aliphatic carbocycles. The number of sulfonamides is 1. The second-order valence-corrected chi connectivity index (χ2v) is 10.7. The van der Waals surface area contributed by atoms with E-state index in [0.717, 1.165) is 22.5 Å². The van der Waals surface area contributed by atoms with Crippen molar-refractivity contribution in [3.8, 4) is 5.75 Å². The maximum atomic E-state index is 13.6. The molecule has 0 heterocycles. The van der Waals surface area contributed by atoms with Crippen LogP contribution in [0.5, 0.6) is 5.75 Å². The highest BCUT2D eigenvalue weighted by molar-refractivity contribution is 7.92. The molecule has 192 valence electrons. The van der Waals surface area contributed by atoms with Crippen LogP contribution in [-0.2, 0) is 26.2 Å². The van der Waals surface area contributed by atoms with Crippen molar-refractivity contribution >= 4 is 50.7 Å². The maximum Gasteiger partial charge on any atom is 0.244 e. The molecule has 0 saturated carbocycles. The molecule has 1 unspecified atom stereocenters. The van der Waals surface area contributed by atoms with Gasteiger partial charge >= 0.3 is 0 Å². The summed E-state index contributed by atoms with van der Waals surface area (Å²) in [5, 5.41) is 3.25. The largest absolute Gasteiger partial charge is 0.497 e. The number of nitrogens with one attached hydrogen (secondary N) is 1. The van der Waals surface area contributed by atoms with E-state index in [1.54, 1.807) is 25.1 Å². The fourth-order valence-corrected chi connectivity index (χ4v) is 4.95. The van der Waals surface area contributed by atoms with Crippen molar-refractivity contribution < 1.29 is 22.7 Å². The first-order chi connectivity index (χ1) is 16.5. The van der Waals surface area contributed by atoms with Gasteiger partial charge in [0, 0.05) is 18.1 Å². The van der Waals surface area contributed by atoms with E-state index in [4.69, 9.17) is 27.9 Å². The lowest BCUT2D eigenvalue weighted by atomic mass is 10.1. The Balaban J connectivity index is 2.47. The molecule has 2 rings (SSSR count). The zero-order chi connectivity index (χ0) is 26.2. The Kier molecular flexibility index (Phi) is 10.7. The molecule has 1 atom stereocenters. The Hall–Kier alpha value is -2.49. The van der Waals surface area contributed by atoms with Gasteiger partial charge in [0.1, 0.15) is 18.3 Å². The molecule has 0 spiro atoms. The van der Waals surface area contributed by atoms with Gasteiger partial charge in [-0.25, -0.2) is 8.42 Å². The summed E-state index contributed by atoms with van der Waals surface area (Å²) in [7, 11) is -2.36. The van der Waals surface area contributed by atoms with Crippen LogP contribution < -0.4 is 14.4 Å². The Morgan fingerprint density at radius 3 is 2.40 bits per heavy atom. The number of hydrogen-bond acceptors (Lipinski definition) is 5. The van der Waals surface area contributed by atoms with Gasteiger partial charge in [0.05, 0.1) is 24.1 Å². The van der Waals surface area contributed by atoms with Gasteiger partial charge in [-0.15, -0.1) is 0 Å². The molecule has 2 amide bonds. The number of ether oxygens (including phenoxy) is 1. The fraction of sp³-hybridized carbons (Fsp3) is 0.417. The Labute approximate surface area is 217 Å². The number of hydrogen-bond donors (Lipinski definition) is 1. The van der Waals surface area contributed by atoms with E-state index in [1.165, 1.54) is 30.2 Å². The molecule has 0 bridgehead atoms. The van der Waals surface area contributed by atoms with Crippen LogP contribution in [0.15, 0.2) is 42.5 Å². The molecule has 0 fully saturated rings. The zero-order valence-corrected chi connectivity index (χ0v) is 22.6. The van der Waals surface area contributed by atoms with E-state index in [9.17, 15) is 18.0 Å². The third kappa shape index (κ3) is 8.02. The average Bonchev–Trinajstić information content (AvgIpc) is 2.80. The van der Waals surface area contributed by atoms with E-state index >= 15 is 0 Å². The summed E-state index contributed by atoms with van der Waals surface area (Å²) in [5.74, 6) is -0.257. The quantitative estimate of drug-likeness (QED) is 0.434. The average molecular weight is 545 g/mol. The molecule has 0 aromatic heterocycles. The third-order valence-electron chi connectivity index (χ3n) is 5.28. The first-order valence-corrected chi connectivity index (χ1v) is 13.7. The minimum absolute atomic E-state index is 0.0834. The summed E-state index contributed by atoms with van der Waals surface area (Å²) in [6, 6.07) is 10.7. The molecule has 2 aromatic carbocycles. The topological polar surface area (TPSA) is 96.0 Å². The Morgan fingerprint density at radius 1 is 1.11 bits per heavy atom. The summed E-state index contributed by atoms with van der Waals surface area (Å²) >= 11 is 12.2. The summed E-state index contributed by atoms with van der Waals surface area (Å²) < 4.78 is 31.5. The van der Waals surface area contributed by atoms with E-state index in [0.29, 0.717) is 23.7 Å². The molecular formula is C24H31Cl2N3O5S. The fourth-order valence-electron chi connectivity index (χ4n) is 3.53. The van der Waals surface area contributed by atoms with Crippen LogP contribution in [0, 0.1) is 0 Å². The van der Waals surface area contributed by atoms with Gasteiger partial charge in [-0.2, -0.15) is 0 Å². The van der Waals surface area contributed by atoms with Gasteiger partial charge in [0.15, 0.2) is 0 Å². The van der Waals surface area contributed by atoms with Crippen molar-refractivity contribution in [2.75, 3.05) is 30.8 Å². The number of carbonyl (C=O) groups excluding carboxylic acids is 2. The smallest absolute Gasteiger partial charge is 0.244 e. The van der Waals surface area contributed by atoms with Gasteiger partial charge in [0.2, 0.25) is 21.8 Å². The van der Waals surface area contributed by atoms with E-state index in [-0.39, 0.29) is 23.2 Å². The van der Waals surface area contributed by atoms with Crippen LogP contribution in [-0.4, -0.2) is 57.6 Å². The lowest BCUT2D eigenvalue weighted by Crippen LogP contribution is -2.52. The molecule has 11 heteroatoms. The van der Waals surface area contributed by atoms with Crippen molar-refractivity contribution in [1.82, 2.24) is 10.2 Å². The van der Waals surface area contributed by atoms with E-state index in [1.807, 2.05) is 13.0 Å². The van der Waals surface area contributed by atoms with Crippen molar-refractivity contribution in [1.29, 1.82) is 0 Å². The standard InChI is InChI=1S/C24H31Cl2N3O5S/c1-5-12-27-24(31)21(6-2)28(15-17-8-7-9-19(13-17)34-3)23(30)16-29(35(4,32)33)22-11-10-18(25)14-20(22)26/h7-11,13-14,21H,5-6,12,15-16H2,1-4H3,(H,27,31). The van der Waals surface area contributed by atoms with E-state index in [2.05, 4.69) is 5.32 Å². The number of nitrogens with zero attached hydrogens (tertiary/aromatic N) is 2. The predicted octanol–water partition coefficient (Wildman–Crippen LogP) is 4.10. The van der Waals surface area contributed by atoms with Crippen LogP contribution >= 0.6 is 23.2 Å². The normalized spacial score (nSPS) is 12.1. The number of amides is 2. The number of benzene rings is 2. The highest BCUT2D eigenvalue weighted by Gasteiger charge is 2.32. The minimum Gasteiger partial charge on any atom is -0.497 e. The lowest BCUT2D eigenvalue weighted by molar-refractivity contribution is -0.140. The van der Waals surface area contributed by atoms with Crippen LogP contribution in [0.4, 0.5) is 5.69 Å². The maximum absolute atomic E-state index is 13.6. The van der Waals surface area contributed by atoms with Crippen molar-refractivity contribution in [2.45, 2.75) is 39.3 Å². The van der Waals surface area contributed by atoms with Crippen molar-refractivity contribution in [2.24, 2.45) is 0 Å². The molecule has 0 aliphatic heterocycles. The molecular weight excluding hydrogens is 513 g/mol. The summed E-state index contributed by atoms with van der Waals surface area (Å²) in [4.78, 5) is 28.0. The molecule has 2 aromatic rings. The number of halogens is 2. The highest BCUT2D eigenvalue weighted by Crippen LogP contribution is 2.30. The van der Waals surface area contributed by atoms with Gasteiger partial charge < -0.3 is 15.0 Å².